The van der Waals surface area contributed by atoms with Crippen LogP contribution in [0.3, 0.4) is 0 Å². The lowest BCUT2D eigenvalue weighted by molar-refractivity contribution is -0.143. The van der Waals surface area contributed by atoms with E-state index < -0.39 is 41.6 Å². The van der Waals surface area contributed by atoms with Gasteiger partial charge in [0.1, 0.15) is 0 Å². The fourth-order valence-electron chi connectivity index (χ4n) is 1.24. The third-order valence-corrected chi connectivity index (χ3v) is 2.06. The Morgan fingerprint density at radius 3 is 1.74 bits per heavy atom. The molecule has 0 aliphatic heterocycles. The van der Waals surface area contributed by atoms with Gasteiger partial charge in [-0.05, 0) is 18.2 Å². The molecule has 0 fully saturated rings. The van der Waals surface area contributed by atoms with Crippen LogP contribution in [0.5, 0.6) is 0 Å². The summed E-state index contributed by atoms with van der Waals surface area (Å²) in [6.07, 6.45) is -9.91. The van der Waals surface area contributed by atoms with Crippen LogP contribution >= 0.6 is 0 Å². The molecule has 0 saturated carbocycles. The second-order valence-electron chi connectivity index (χ2n) is 3.55. The molecule has 3 N–H and O–H groups in total. The molecule has 19 heavy (non-hydrogen) atoms. The van der Waals surface area contributed by atoms with Crippen molar-refractivity contribution >= 4 is 11.6 Å². The molecule has 9 heteroatoms. The smallest absolute Gasteiger partial charge is 0.325 e. The minimum absolute atomic E-state index is 0.0297. The van der Waals surface area contributed by atoms with E-state index in [1.54, 1.807) is 0 Å². The molecule has 106 valence electrons. The Labute approximate surface area is 103 Å². The summed E-state index contributed by atoms with van der Waals surface area (Å²) in [5.74, 6) is -0.896. The zero-order valence-electron chi connectivity index (χ0n) is 9.19. The molecule has 3 nitrogen and oxygen atoms in total. The van der Waals surface area contributed by atoms with Crippen molar-refractivity contribution in [2.45, 2.75) is 12.4 Å². The Morgan fingerprint density at radius 1 is 1.00 bits per heavy atom. The maximum atomic E-state index is 12.5. The molecule has 1 rings (SSSR count). The van der Waals surface area contributed by atoms with E-state index in [4.69, 9.17) is 5.73 Å². The van der Waals surface area contributed by atoms with Crippen molar-refractivity contribution in [3.8, 4) is 0 Å². The number of amides is 1. The lowest BCUT2D eigenvalue weighted by Crippen LogP contribution is -2.22. The number of carbonyl (C=O) groups excluding carboxylic acids is 1. The number of hydrogen-bond acceptors (Lipinski definition) is 2. The first-order valence-corrected chi connectivity index (χ1v) is 4.83. The summed E-state index contributed by atoms with van der Waals surface area (Å²) >= 11 is 0. The molecule has 0 saturated heterocycles. The van der Waals surface area contributed by atoms with Gasteiger partial charge in [-0.25, -0.2) is 0 Å². The number of anilines is 1. The average molecular weight is 286 g/mol. The monoisotopic (exact) mass is 286 g/mol. The van der Waals surface area contributed by atoms with E-state index in [1.165, 1.54) is 0 Å². The van der Waals surface area contributed by atoms with Crippen LogP contribution in [0.15, 0.2) is 18.2 Å². The van der Waals surface area contributed by atoms with Crippen molar-refractivity contribution in [3.63, 3.8) is 0 Å². The standard InChI is InChI=1S/C10H8F6N2O/c11-9(12,13)5-1-6(10(14,15)16)3-7(2-5)18-8(19)4-17/h1-3H,4,17H2,(H,18,19). The Kier molecular flexibility index (Phi) is 4.09. The molecule has 0 aliphatic rings. The summed E-state index contributed by atoms with van der Waals surface area (Å²) in [7, 11) is 0. The largest absolute Gasteiger partial charge is 0.416 e. The Morgan fingerprint density at radius 2 is 1.42 bits per heavy atom. The molecular weight excluding hydrogens is 278 g/mol. The van der Waals surface area contributed by atoms with Gasteiger partial charge in [-0.15, -0.1) is 0 Å². The summed E-state index contributed by atoms with van der Waals surface area (Å²) in [5, 5.41) is 1.85. The molecule has 0 bridgehead atoms. The molecule has 1 aromatic rings. The van der Waals surface area contributed by atoms with Crippen LogP contribution in [0.4, 0.5) is 32.0 Å². The van der Waals surface area contributed by atoms with Crippen LogP contribution in [0.2, 0.25) is 0 Å². The van der Waals surface area contributed by atoms with Crippen LogP contribution in [-0.4, -0.2) is 12.5 Å². The Hall–Kier alpha value is -1.77. The van der Waals surface area contributed by atoms with Crippen molar-refractivity contribution in [1.29, 1.82) is 0 Å². The van der Waals surface area contributed by atoms with Crippen molar-refractivity contribution < 1.29 is 31.1 Å². The van der Waals surface area contributed by atoms with Crippen LogP contribution in [0.25, 0.3) is 0 Å². The SMILES string of the molecule is NCC(=O)Nc1cc(C(F)(F)F)cc(C(F)(F)F)c1. The van der Waals surface area contributed by atoms with Crippen molar-refractivity contribution in [1.82, 2.24) is 0 Å². The van der Waals surface area contributed by atoms with E-state index >= 15 is 0 Å². The molecule has 0 radical (unpaired) electrons. The average Bonchev–Trinajstić information content (AvgIpc) is 2.26. The van der Waals surface area contributed by atoms with Crippen LogP contribution in [-0.2, 0) is 17.1 Å². The summed E-state index contributed by atoms with van der Waals surface area (Å²) in [6, 6.07) is 0.781. The van der Waals surface area contributed by atoms with E-state index in [9.17, 15) is 31.1 Å². The lowest BCUT2D eigenvalue weighted by atomic mass is 10.1. The van der Waals surface area contributed by atoms with Gasteiger partial charge >= 0.3 is 12.4 Å². The molecule has 0 heterocycles. The molecule has 0 aromatic heterocycles. The number of nitrogens with one attached hydrogen (secondary N) is 1. The number of halogens is 6. The topological polar surface area (TPSA) is 55.1 Å². The third kappa shape index (κ3) is 4.12. The molecule has 0 aliphatic carbocycles. The van der Waals surface area contributed by atoms with Crippen molar-refractivity contribution in [2.24, 2.45) is 5.73 Å². The normalized spacial score (nSPS) is 12.4. The number of hydrogen-bond donors (Lipinski definition) is 2. The molecule has 1 amide bonds. The quantitative estimate of drug-likeness (QED) is 0.821. The highest BCUT2D eigenvalue weighted by molar-refractivity contribution is 5.92. The van der Waals surface area contributed by atoms with Crippen LogP contribution in [0.1, 0.15) is 11.1 Å². The Bertz CT molecular complexity index is 448. The predicted molar refractivity (Wildman–Crippen MR) is 54.1 cm³/mol. The number of nitrogens with two attached hydrogens (primary N) is 1. The van der Waals surface area contributed by atoms with Gasteiger partial charge < -0.3 is 11.1 Å². The Balaban J connectivity index is 3.29. The predicted octanol–water partition coefficient (Wildman–Crippen LogP) is 2.62. The highest BCUT2D eigenvalue weighted by Gasteiger charge is 2.37. The number of rotatable bonds is 2. The number of alkyl halides is 6. The number of benzene rings is 1. The highest BCUT2D eigenvalue weighted by atomic mass is 19.4. The van der Waals surface area contributed by atoms with Gasteiger partial charge in [-0.2, -0.15) is 26.3 Å². The van der Waals surface area contributed by atoms with Crippen LogP contribution in [0, 0.1) is 0 Å². The van der Waals surface area contributed by atoms with Gasteiger partial charge in [-0.1, -0.05) is 0 Å². The second-order valence-corrected chi connectivity index (χ2v) is 3.55. The molecule has 0 unspecified atom stereocenters. The molecule has 0 atom stereocenters. The molecular formula is C10H8F6N2O. The summed E-state index contributed by atoms with van der Waals surface area (Å²) in [5.41, 5.74) is 1.29. The lowest BCUT2D eigenvalue weighted by Gasteiger charge is -2.14. The van der Waals surface area contributed by atoms with Gasteiger partial charge in [-0.3, -0.25) is 4.79 Å². The summed E-state index contributed by atoms with van der Waals surface area (Å²) in [4.78, 5) is 10.9. The minimum Gasteiger partial charge on any atom is -0.325 e. The zero-order chi connectivity index (χ0) is 14.8. The second kappa shape index (κ2) is 5.08. The van der Waals surface area contributed by atoms with E-state index in [2.05, 4.69) is 0 Å². The third-order valence-electron chi connectivity index (χ3n) is 2.06. The van der Waals surface area contributed by atoms with Gasteiger partial charge in [0.25, 0.3) is 0 Å². The highest BCUT2D eigenvalue weighted by Crippen LogP contribution is 2.37. The van der Waals surface area contributed by atoms with E-state index in [0.717, 1.165) is 0 Å². The summed E-state index contributed by atoms with van der Waals surface area (Å²) in [6.45, 7) is -0.558. The first kappa shape index (κ1) is 15.3. The maximum Gasteiger partial charge on any atom is 0.416 e. The van der Waals surface area contributed by atoms with Gasteiger partial charge in [0.05, 0.1) is 17.7 Å². The van der Waals surface area contributed by atoms with Crippen molar-refractivity contribution in [3.05, 3.63) is 29.3 Å². The van der Waals surface area contributed by atoms with Gasteiger partial charge in [0, 0.05) is 5.69 Å². The van der Waals surface area contributed by atoms with E-state index in [0.29, 0.717) is 12.1 Å². The first-order chi connectivity index (χ1) is 8.54. The molecule has 1 aromatic carbocycles. The zero-order valence-corrected chi connectivity index (χ0v) is 9.19. The van der Waals surface area contributed by atoms with Gasteiger partial charge in [0.15, 0.2) is 0 Å². The minimum atomic E-state index is -4.95. The first-order valence-electron chi connectivity index (χ1n) is 4.83. The fourth-order valence-corrected chi connectivity index (χ4v) is 1.24. The molecule has 0 spiro atoms. The van der Waals surface area contributed by atoms with E-state index in [1.807, 2.05) is 5.32 Å². The van der Waals surface area contributed by atoms with Crippen LogP contribution < -0.4 is 11.1 Å². The van der Waals surface area contributed by atoms with E-state index in [-0.39, 0.29) is 6.07 Å². The maximum absolute atomic E-state index is 12.5. The number of carbonyl (C=O) groups is 1. The fraction of sp³-hybridized carbons (Fsp3) is 0.300. The van der Waals surface area contributed by atoms with Gasteiger partial charge in [0.2, 0.25) is 5.91 Å². The van der Waals surface area contributed by atoms with Crippen molar-refractivity contribution in [2.75, 3.05) is 11.9 Å². The summed E-state index contributed by atoms with van der Waals surface area (Å²) < 4.78 is 74.7.